The van der Waals surface area contributed by atoms with Crippen molar-refractivity contribution in [1.82, 2.24) is 0 Å². The fourth-order valence-corrected chi connectivity index (χ4v) is 0.491. The molecule has 0 spiro atoms. The van der Waals surface area contributed by atoms with E-state index in [1.165, 1.54) is 0 Å². The molecule has 0 aromatic carbocycles. The van der Waals surface area contributed by atoms with Crippen molar-refractivity contribution in [3.63, 3.8) is 0 Å². The van der Waals surface area contributed by atoms with E-state index in [1.807, 2.05) is 0 Å². The van der Waals surface area contributed by atoms with Gasteiger partial charge in [-0.2, -0.15) is 0 Å². The average Bonchev–Trinajstić information content (AvgIpc) is 1.30. The van der Waals surface area contributed by atoms with Crippen LogP contribution in [0.1, 0.15) is 20.8 Å². The zero-order chi connectivity index (χ0) is 5.91. The van der Waals surface area contributed by atoms with E-state index in [1.54, 1.807) is 0 Å². The second kappa shape index (κ2) is 2.53. The molecule has 0 aromatic rings. The highest BCUT2D eigenvalue weighted by molar-refractivity contribution is 6.07. The fraction of sp³-hybridized carbons (Fsp3) is 1.00. The summed E-state index contributed by atoms with van der Waals surface area (Å²) in [7, 11) is 0. The van der Waals surface area contributed by atoms with E-state index in [-0.39, 0.29) is 5.41 Å². The Morgan fingerprint density at radius 1 is 1.43 bits per heavy atom. The van der Waals surface area contributed by atoms with E-state index in [0.717, 1.165) is 0 Å². The van der Waals surface area contributed by atoms with Crippen LogP contribution in [0.2, 0.25) is 0 Å². The number of halogens is 1. The highest BCUT2D eigenvalue weighted by atomic mass is 35.5. The molecule has 0 aliphatic rings. The lowest BCUT2D eigenvalue weighted by atomic mass is 9.99. The lowest BCUT2D eigenvalue weighted by Gasteiger charge is -2.13. The van der Waals surface area contributed by atoms with Gasteiger partial charge in [-0.15, -0.1) is 0 Å². The summed E-state index contributed by atoms with van der Waals surface area (Å²) in [5.41, 5.74) is 0.196. The molecule has 0 radical (unpaired) electrons. The van der Waals surface area contributed by atoms with Gasteiger partial charge in [-0.05, 0) is 5.41 Å². The quantitative estimate of drug-likeness (QED) is 0.518. The second-order valence-electron chi connectivity index (χ2n) is 2.81. The van der Waals surface area contributed by atoms with Gasteiger partial charge in [0.05, 0.1) is 18.5 Å². The van der Waals surface area contributed by atoms with Crippen molar-refractivity contribution < 1.29 is 4.29 Å². The van der Waals surface area contributed by atoms with Crippen molar-refractivity contribution in [2.75, 3.05) is 6.61 Å². The molecular weight excluding hydrogens is 112 g/mol. The second-order valence-corrected chi connectivity index (χ2v) is 3.03. The molecule has 0 aromatic heterocycles. The molecule has 0 saturated heterocycles. The Morgan fingerprint density at radius 2 is 1.86 bits per heavy atom. The van der Waals surface area contributed by atoms with Crippen molar-refractivity contribution in [2.24, 2.45) is 5.41 Å². The third-order valence-corrected chi connectivity index (χ3v) is 0.597. The molecule has 1 nitrogen and oxygen atoms in total. The maximum absolute atomic E-state index is 4.99. The van der Waals surface area contributed by atoms with Gasteiger partial charge in [0.25, 0.3) is 0 Å². The summed E-state index contributed by atoms with van der Waals surface area (Å²) in [6.45, 7) is 6.80. The number of hydrogen-bond acceptors (Lipinski definition) is 1. The standard InChI is InChI=1S/C5H11ClO/c1-5(2,3)4-7-6/h4H2,1-3H3. The van der Waals surface area contributed by atoms with Crippen LogP contribution >= 0.6 is 11.9 Å². The van der Waals surface area contributed by atoms with Crippen molar-refractivity contribution in [3.05, 3.63) is 0 Å². The Bertz CT molecular complexity index is 46.5. The first-order valence-corrected chi connectivity index (χ1v) is 2.61. The van der Waals surface area contributed by atoms with Crippen LogP contribution in [0.15, 0.2) is 0 Å². The monoisotopic (exact) mass is 122 g/mol. The topological polar surface area (TPSA) is 9.23 Å². The van der Waals surface area contributed by atoms with Crippen LogP contribution in [0.3, 0.4) is 0 Å². The van der Waals surface area contributed by atoms with Crippen molar-refractivity contribution in [2.45, 2.75) is 20.8 Å². The maximum Gasteiger partial charge on any atom is 0.0730 e. The van der Waals surface area contributed by atoms with Crippen LogP contribution < -0.4 is 0 Å². The van der Waals surface area contributed by atoms with E-state index in [0.29, 0.717) is 6.61 Å². The SMILES string of the molecule is CC(C)(C)COCl. The van der Waals surface area contributed by atoms with E-state index in [4.69, 9.17) is 11.9 Å². The molecule has 0 heterocycles. The van der Waals surface area contributed by atoms with Crippen molar-refractivity contribution in [3.8, 4) is 0 Å². The molecule has 0 atom stereocenters. The van der Waals surface area contributed by atoms with E-state index < -0.39 is 0 Å². The highest BCUT2D eigenvalue weighted by Gasteiger charge is 2.08. The summed E-state index contributed by atoms with van der Waals surface area (Å²) in [5, 5.41) is 0. The molecule has 44 valence electrons. The molecule has 0 unspecified atom stereocenters. The first-order valence-electron chi connectivity index (χ1n) is 2.30. The van der Waals surface area contributed by atoms with Crippen LogP contribution in [0.25, 0.3) is 0 Å². The Balaban J connectivity index is 3.15. The summed E-state index contributed by atoms with van der Waals surface area (Å²) in [6, 6.07) is 0. The van der Waals surface area contributed by atoms with Gasteiger partial charge in [0.15, 0.2) is 0 Å². The Morgan fingerprint density at radius 3 is 1.86 bits per heavy atom. The van der Waals surface area contributed by atoms with Crippen molar-refractivity contribution in [1.29, 1.82) is 0 Å². The van der Waals surface area contributed by atoms with Crippen molar-refractivity contribution >= 4 is 11.9 Å². The molecule has 0 fully saturated rings. The largest absolute Gasteiger partial charge is 0.279 e. The minimum Gasteiger partial charge on any atom is -0.279 e. The number of rotatable bonds is 1. The zero-order valence-corrected chi connectivity index (χ0v) is 5.75. The van der Waals surface area contributed by atoms with Gasteiger partial charge in [-0.3, -0.25) is 4.29 Å². The first kappa shape index (κ1) is 7.25. The third-order valence-electron chi connectivity index (χ3n) is 0.488. The van der Waals surface area contributed by atoms with Gasteiger partial charge in [-0.1, -0.05) is 20.8 Å². The van der Waals surface area contributed by atoms with E-state index >= 15 is 0 Å². The van der Waals surface area contributed by atoms with Gasteiger partial charge in [0.2, 0.25) is 0 Å². The molecular formula is C5H11ClO. The maximum atomic E-state index is 4.99. The lowest BCUT2D eigenvalue weighted by Crippen LogP contribution is -2.10. The summed E-state index contributed by atoms with van der Waals surface area (Å²) < 4.78 is 4.38. The molecule has 0 saturated carbocycles. The van der Waals surface area contributed by atoms with Gasteiger partial charge in [-0.25, -0.2) is 0 Å². The molecule has 0 rings (SSSR count). The lowest BCUT2D eigenvalue weighted by molar-refractivity contribution is 0.214. The molecule has 0 bridgehead atoms. The summed E-state index contributed by atoms with van der Waals surface area (Å²) in [6.07, 6.45) is 0. The average molecular weight is 123 g/mol. The summed E-state index contributed by atoms with van der Waals surface area (Å²) >= 11 is 4.99. The van der Waals surface area contributed by atoms with Crippen LogP contribution in [0.4, 0.5) is 0 Å². The van der Waals surface area contributed by atoms with Crippen LogP contribution in [-0.2, 0) is 4.29 Å². The first-order chi connectivity index (χ1) is 3.06. The minimum atomic E-state index is 0.196. The van der Waals surface area contributed by atoms with Crippen LogP contribution in [-0.4, -0.2) is 6.61 Å². The van der Waals surface area contributed by atoms with Gasteiger partial charge in [0.1, 0.15) is 0 Å². The molecule has 0 aliphatic carbocycles. The molecule has 0 amide bonds. The van der Waals surface area contributed by atoms with Crippen LogP contribution in [0, 0.1) is 5.41 Å². The Hall–Kier alpha value is 0.250. The summed E-state index contributed by atoms with van der Waals surface area (Å²) in [5.74, 6) is 0. The molecule has 2 heteroatoms. The normalized spacial score (nSPS) is 12.0. The third kappa shape index (κ3) is 6.25. The van der Waals surface area contributed by atoms with E-state index in [9.17, 15) is 0 Å². The fourth-order valence-electron chi connectivity index (χ4n) is 0.164. The van der Waals surface area contributed by atoms with Gasteiger partial charge in [0, 0.05) is 0 Å². The highest BCUT2D eigenvalue weighted by Crippen LogP contribution is 2.12. The van der Waals surface area contributed by atoms with Gasteiger partial charge < -0.3 is 0 Å². The Labute approximate surface area is 49.8 Å². The predicted octanol–water partition coefficient (Wildman–Crippen LogP) is 2.20. The number of hydrogen-bond donors (Lipinski definition) is 0. The Kier molecular flexibility index (Phi) is 2.62. The van der Waals surface area contributed by atoms with Crippen LogP contribution in [0.5, 0.6) is 0 Å². The predicted molar refractivity (Wildman–Crippen MR) is 31.3 cm³/mol. The molecule has 0 N–H and O–H groups in total. The van der Waals surface area contributed by atoms with E-state index in [2.05, 4.69) is 25.1 Å². The smallest absolute Gasteiger partial charge is 0.0730 e. The summed E-state index contributed by atoms with van der Waals surface area (Å²) in [4.78, 5) is 0. The van der Waals surface area contributed by atoms with Gasteiger partial charge >= 0.3 is 0 Å². The molecule has 0 aliphatic heterocycles. The zero-order valence-electron chi connectivity index (χ0n) is 4.99. The minimum absolute atomic E-state index is 0.196. The molecule has 7 heavy (non-hydrogen) atoms.